The molecule has 0 aliphatic rings. The first-order valence-corrected chi connectivity index (χ1v) is 3.19. The highest BCUT2D eigenvalue weighted by atomic mass is 15.3. The van der Waals surface area contributed by atoms with Gasteiger partial charge in [0.15, 0.2) is 5.84 Å². The Bertz CT molecular complexity index is 262. The molecule has 1 aromatic heterocycles. The smallest absolute Gasteiger partial charge is 0.160 e. The molecule has 0 unspecified atom stereocenters. The molecule has 5 nitrogen and oxygen atoms in total. The largest absolute Gasteiger partial charge is 0.331 e. The van der Waals surface area contributed by atoms with Gasteiger partial charge in [0, 0.05) is 14.1 Å². The Balaban J connectivity index is 3.00. The summed E-state index contributed by atoms with van der Waals surface area (Å²) in [5.41, 5.74) is 3.35. The molecule has 0 spiro atoms. The number of imidazole rings is 1. The average Bonchev–Trinajstić information content (AvgIpc) is 2.40. The number of aryl methyl sites for hydroxylation is 1. The summed E-state index contributed by atoms with van der Waals surface area (Å²) in [7, 11) is 3.55. The van der Waals surface area contributed by atoms with Gasteiger partial charge in [-0.25, -0.2) is 10.8 Å². The highest BCUT2D eigenvalue weighted by molar-refractivity contribution is 5.96. The van der Waals surface area contributed by atoms with E-state index >= 15 is 0 Å². The zero-order valence-electron chi connectivity index (χ0n) is 6.57. The van der Waals surface area contributed by atoms with E-state index in [0.717, 1.165) is 5.69 Å². The summed E-state index contributed by atoms with van der Waals surface area (Å²) in [6, 6.07) is 0. The number of nitrogens with zero attached hydrogens (tertiary/aromatic N) is 3. The van der Waals surface area contributed by atoms with E-state index in [1.807, 2.05) is 11.6 Å². The molecule has 1 aromatic rings. The van der Waals surface area contributed by atoms with Crippen LogP contribution in [-0.2, 0) is 7.05 Å². The van der Waals surface area contributed by atoms with E-state index in [1.54, 1.807) is 19.6 Å². The third-order valence-corrected chi connectivity index (χ3v) is 1.42. The Morgan fingerprint density at radius 1 is 1.82 bits per heavy atom. The van der Waals surface area contributed by atoms with Crippen molar-refractivity contribution in [1.82, 2.24) is 15.0 Å². The van der Waals surface area contributed by atoms with Gasteiger partial charge in [0.2, 0.25) is 0 Å². The topological polar surface area (TPSA) is 68.2 Å². The molecule has 1 heterocycles. The average molecular weight is 153 g/mol. The molecule has 0 saturated heterocycles. The molecule has 0 radical (unpaired) electrons. The number of nitrogens with two attached hydrogens (primary N) is 1. The highest BCUT2D eigenvalue weighted by Crippen LogP contribution is 1.95. The molecule has 5 heteroatoms. The Morgan fingerprint density at radius 3 is 2.91 bits per heavy atom. The lowest BCUT2D eigenvalue weighted by molar-refractivity contribution is 0.883. The number of amidine groups is 1. The van der Waals surface area contributed by atoms with Gasteiger partial charge >= 0.3 is 0 Å². The summed E-state index contributed by atoms with van der Waals surface area (Å²) in [5, 5.41) is 0. The van der Waals surface area contributed by atoms with Crippen molar-refractivity contribution in [3.8, 4) is 0 Å². The summed E-state index contributed by atoms with van der Waals surface area (Å²) >= 11 is 0. The second-order valence-electron chi connectivity index (χ2n) is 2.11. The monoisotopic (exact) mass is 153 g/mol. The molecule has 1 rings (SSSR count). The van der Waals surface area contributed by atoms with Crippen molar-refractivity contribution >= 4 is 5.84 Å². The van der Waals surface area contributed by atoms with Crippen LogP contribution < -0.4 is 11.3 Å². The number of aliphatic imine (C=N–C) groups is 1. The first-order chi connectivity index (χ1) is 5.29. The third-order valence-electron chi connectivity index (χ3n) is 1.42. The lowest BCUT2D eigenvalue weighted by Crippen LogP contribution is -2.32. The maximum atomic E-state index is 5.22. The molecule has 0 aromatic carbocycles. The van der Waals surface area contributed by atoms with Crippen LogP contribution in [0.4, 0.5) is 0 Å². The second-order valence-corrected chi connectivity index (χ2v) is 2.11. The number of hydrazine groups is 1. The quantitative estimate of drug-likeness (QED) is 0.242. The standard InChI is InChI=1S/C6H11N5/c1-8-6(10-7)5-3-9-4-11(5)2/h3-4H,7H2,1-2H3,(H,8,10). The predicted molar refractivity (Wildman–Crippen MR) is 43.0 cm³/mol. The molecule has 0 aliphatic heterocycles. The molecule has 3 N–H and O–H groups in total. The van der Waals surface area contributed by atoms with E-state index in [2.05, 4.69) is 15.4 Å². The molecular formula is C6H11N5. The lowest BCUT2D eigenvalue weighted by Gasteiger charge is -2.03. The molecule has 0 saturated carbocycles. The van der Waals surface area contributed by atoms with E-state index in [-0.39, 0.29) is 0 Å². The summed E-state index contributed by atoms with van der Waals surface area (Å²) < 4.78 is 1.84. The van der Waals surface area contributed by atoms with Crippen LogP contribution in [0.1, 0.15) is 5.69 Å². The van der Waals surface area contributed by atoms with Crippen molar-refractivity contribution in [3.05, 3.63) is 18.2 Å². The lowest BCUT2D eigenvalue weighted by atomic mass is 10.4. The van der Waals surface area contributed by atoms with Crippen molar-refractivity contribution in [2.45, 2.75) is 0 Å². The van der Waals surface area contributed by atoms with Gasteiger partial charge in [0.05, 0.1) is 12.5 Å². The van der Waals surface area contributed by atoms with Crippen LogP contribution in [0.25, 0.3) is 0 Å². The highest BCUT2D eigenvalue weighted by Gasteiger charge is 2.03. The van der Waals surface area contributed by atoms with E-state index < -0.39 is 0 Å². The predicted octanol–water partition coefficient (Wildman–Crippen LogP) is -0.740. The van der Waals surface area contributed by atoms with Crippen LogP contribution in [0.5, 0.6) is 0 Å². The summed E-state index contributed by atoms with van der Waals surface area (Å²) in [4.78, 5) is 7.85. The Hall–Kier alpha value is -1.36. The van der Waals surface area contributed by atoms with Crippen molar-refractivity contribution in [3.63, 3.8) is 0 Å². The fraction of sp³-hybridized carbons (Fsp3) is 0.333. The van der Waals surface area contributed by atoms with E-state index in [9.17, 15) is 0 Å². The molecule has 0 fully saturated rings. The van der Waals surface area contributed by atoms with Gasteiger partial charge in [-0.1, -0.05) is 0 Å². The zero-order valence-corrected chi connectivity index (χ0v) is 6.57. The van der Waals surface area contributed by atoms with Gasteiger partial charge < -0.3 is 9.99 Å². The zero-order chi connectivity index (χ0) is 8.27. The number of rotatable bonds is 1. The summed E-state index contributed by atoms with van der Waals surface area (Å²) in [6.07, 6.45) is 3.39. The van der Waals surface area contributed by atoms with E-state index in [4.69, 9.17) is 5.84 Å². The van der Waals surface area contributed by atoms with Crippen molar-refractivity contribution in [1.29, 1.82) is 0 Å². The normalized spacial score (nSPS) is 11.7. The van der Waals surface area contributed by atoms with E-state index in [1.165, 1.54) is 0 Å². The van der Waals surface area contributed by atoms with Crippen molar-refractivity contribution in [2.24, 2.45) is 17.9 Å². The summed E-state index contributed by atoms with van der Waals surface area (Å²) in [6.45, 7) is 0. The van der Waals surface area contributed by atoms with Gasteiger partial charge in [-0.15, -0.1) is 0 Å². The maximum Gasteiger partial charge on any atom is 0.160 e. The van der Waals surface area contributed by atoms with Crippen molar-refractivity contribution in [2.75, 3.05) is 7.05 Å². The molecule has 0 bridgehead atoms. The number of hydrogen-bond acceptors (Lipinski definition) is 3. The fourth-order valence-electron chi connectivity index (χ4n) is 0.838. The van der Waals surface area contributed by atoms with Gasteiger partial charge in [-0.05, 0) is 0 Å². The first kappa shape index (κ1) is 7.74. The second kappa shape index (κ2) is 3.16. The molecular weight excluding hydrogens is 142 g/mol. The minimum absolute atomic E-state index is 0.630. The maximum absolute atomic E-state index is 5.22. The molecule has 60 valence electrons. The van der Waals surface area contributed by atoms with Crippen LogP contribution >= 0.6 is 0 Å². The minimum atomic E-state index is 0.630. The Kier molecular flexibility index (Phi) is 2.22. The van der Waals surface area contributed by atoms with Gasteiger partial charge in [-0.3, -0.25) is 4.99 Å². The SMILES string of the molecule is CN=C(NN)c1cncn1C. The number of aromatic nitrogens is 2. The Labute approximate surface area is 64.9 Å². The van der Waals surface area contributed by atoms with Crippen LogP contribution in [0, 0.1) is 0 Å². The minimum Gasteiger partial charge on any atom is -0.331 e. The third kappa shape index (κ3) is 1.38. The molecule has 0 aliphatic carbocycles. The van der Waals surface area contributed by atoms with Crippen LogP contribution in [-0.4, -0.2) is 22.4 Å². The Morgan fingerprint density at radius 2 is 2.55 bits per heavy atom. The molecule has 11 heavy (non-hydrogen) atoms. The number of nitrogens with one attached hydrogen (secondary N) is 1. The van der Waals surface area contributed by atoms with Gasteiger partial charge in [-0.2, -0.15) is 0 Å². The van der Waals surface area contributed by atoms with Crippen LogP contribution in [0.3, 0.4) is 0 Å². The van der Waals surface area contributed by atoms with Crippen LogP contribution in [0.2, 0.25) is 0 Å². The fourth-order valence-corrected chi connectivity index (χ4v) is 0.838. The summed E-state index contributed by atoms with van der Waals surface area (Å²) in [5.74, 6) is 5.85. The molecule has 0 amide bonds. The van der Waals surface area contributed by atoms with Crippen LogP contribution in [0.15, 0.2) is 17.5 Å². The van der Waals surface area contributed by atoms with E-state index in [0.29, 0.717) is 5.84 Å². The van der Waals surface area contributed by atoms with Crippen molar-refractivity contribution < 1.29 is 0 Å². The first-order valence-electron chi connectivity index (χ1n) is 3.19. The number of hydrogen-bond donors (Lipinski definition) is 2. The molecule has 0 atom stereocenters. The van der Waals surface area contributed by atoms with Gasteiger partial charge in [0.1, 0.15) is 5.69 Å². The van der Waals surface area contributed by atoms with Gasteiger partial charge in [0.25, 0.3) is 0 Å².